The molecule has 1 atom stereocenters. The minimum atomic E-state index is -0.314. The molecule has 7 heteroatoms. The second-order valence-electron chi connectivity index (χ2n) is 4.79. The fraction of sp³-hybridized carbons (Fsp3) is 0.214. The van der Waals surface area contributed by atoms with Gasteiger partial charge in [0.2, 0.25) is 5.95 Å². The lowest BCUT2D eigenvalue weighted by atomic mass is 10.2. The van der Waals surface area contributed by atoms with Gasteiger partial charge < -0.3 is 5.32 Å². The zero-order valence-electron chi connectivity index (χ0n) is 11.0. The Balaban J connectivity index is 1.80. The topological polar surface area (TPSA) is 55.6 Å². The van der Waals surface area contributed by atoms with Crippen molar-refractivity contribution in [1.29, 1.82) is 0 Å². The summed E-state index contributed by atoms with van der Waals surface area (Å²) in [5.41, 5.74) is 0.416. The molecule has 0 saturated heterocycles. The van der Waals surface area contributed by atoms with Crippen molar-refractivity contribution in [3.05, 3.63) is 46.7 Å². The van der Waals surface area contributed by atoms with Gasteiger partial charge in [-0.3, -0.25) is 0 Å². The minimum absolute atomic E-state index is 0.0641. The highest BCUT2D eigenvalue weighted by atomic mass is 32.1. The fourth-order valence-corrected chi connectivity index (χ4v) is 3.25. The van der Waals surface area contributed by atoms with Crippen LogP contribution in [0.25, 0.3) is 11.4 Å². The van der Waals surface area contributed by atoms with Gasteiger partial charge in [0.05, 0.1) is 5.56 Å². The highest BCUT2D eigenvalue weighted by Crippen LogP contribution is 2.31. The first-order valence-corrected chi connectivity index (χ1v) is 7.55. The standard InChI is InChI=1S/C14H12FN5S/c15-10-4-2-1-3-9(10)12-18-14-17-6-5-11(20(14)19-12)13-16-7-8-21-13/h1-4,7-8,11H,5-6H2,(H,17,18,19). The smallest absolute Gasteiger partial charge is 0.222 e. The Hall–Kier alpha value is -2.28. The number of fused-ring (bicyclic) bond motifs is 1. The molecule has 0 bridgehead atoms. The van der Waals surface area contributed by atoms with Crippen molar-refractivity contribution in [2.75, 3.05) is 11.9 Å². The van der Waals surface area contributed by atoms with E-state index < -0.39 is 0 Å². The van der Waals surface area contributed by atoms with E-state index in [1.54, 1.807) is 35.7 Å². The Bertz CT molecular complexity index is 768. The summed E-state index contributed by atoms with van der Waals surface area (Å²) in [6, 6.07) is 6.61. The molecule has 106 valence electrons. The third kappa shape index (κ3) is 2.09. The number of nitrogens with zero attached hydrogens (tertiary/aromatic N) is 4. The number of rotatable bonds is 2. The van der Waals surface area contributed by atoms with Crippen LogP contribution in [0.4, 0.5) is 10.3 Å². The van der Waals surface area contributed by atoms with Crippen molar-refractivity contribution in [3.63, 3.8) is 0 Å². The lowest BCUT2D eigenvalue weighted by molar-refractivity contribution is 0.479. The molecule has 21 heavy (non-hydrogen) atoms. The van der Waals surface area contributed by atoms with Crippen molar-refractivity contribution >= 4 is 17.3 Å². The zero-order chi connectivity index (χ0) is 14.2. The molecule has 2 aromatic heterocycles. The lowest BCUT2D eigenvalue weighted by Crippen LogP contribution is -2.24. The summed E-state index contributed by atoms with van der Waals surface area (Å²) < 4.78 is 15.7. The predicted octanol–water partition coefficient (Wildman–Crippen LogP) is 2.95. The van der Waals surface area contributed by atoms with Crippen molar-refractivity contribution in [2.45, 2.75) is 12.5 Å². The van der Waals surface area contributed by atoms with E-state index in [0.717, 1.165) is 18.0 Å². The van der Waals surface area contributed by atoms with E-state index in [-0.39, 0.29) is 11.9 Å². The summed E-state index contributed by atoms with van der Waals surface area (Å²) >= 11 is 1.60. The van der Waals surface area contributed by atoms with Crippen LogP contribution >= 0.6 is 11.3 Å². The summed E-state index contributed by atoms with van der Waals surface area (Å²) in [7, 11) is 0. The molecule has 3 heterocycles. The number of anilines is 1. The molecule has 0 amide bonds. The maximum atomic E-state index is 13.9. The number of benzene rings is 1. The van der Waals surface area contributed by atoms with E-state index in [2.05, 4.69) is 20.4 Å². The molecule has 1 N–H and O–H groups in total. The number of thiazole rings is 1. The van der Waals surface area contributed by atoms with Gasteiger partial charge in [-0.05, 0) is 18.6 Å². The molecule has 1 unspecified atom stereocenters. The Morgan fingerprint density at radius 2 is 2.24 bits per heavy atom. The second-order valence-corrected chi connectivity index (χ2v) is 5.71. The third-order valence-electron chi connectivity index (χ3n) is 3.48. The van der Waals surface area contributed by atoms with Crippen molar-refractivity contribution in [3.8, 4) is 11.4 Å². The van der Waals surface area contributed by atoms with E-state index in [4.69, 9.17) is 0 Å². The molecule has 4 rings (SSSR count). The maximum absolute atomic E-state index is 13.9. The molecule has 1 aromatic carbocycles. The molecule has 1 aliphatic rings. The summed E-state index contributed by atoms with van der Waals surface area (Å²) in [4.78, 5) is 8.79. The van der Waals surface area contributed by atoms with Gasteiger partial charge in [-0.15, -0.1) is 16.4 Å². The van der Waals surface area contributed by atoms with Gasteiger partial charge in [-0.25, -0.2) is 14.1 Å². The Kier molecular flexibility index (Phi) is 2.92. The summed E-state index contributed by atoms with van der Waals surface area (Å²) in [5, 5.41) is 10.6. The highest BCUT2D eigenvalue weighted by molar-refractivity contribution is 7.09. The van der Waals surface area contributed by atoms with E-state index >= 15 is 0 Å². The highest BCUT2D eigenvalue weighted by Gasteiger charge is 2.26. The fourth-order valence-electron chi connectivity index (χ4n) is 2.49. The van der Waals surface area contributed by atoms with Crippen molar-refractivity contribution in [1.82, 2.24) is 19.7 Å². The number of hydrogen-bond donors (Lipinski definition) is 1. The second kappa shape index (κ2) is 4.92. The third-order valence-corrected chi connectivity index (χ3v) is 4.36. The Morgan fingerprint density at radius 1 is 1.33 bits per heavy atom. The van der Waals surface area contributed by atoms with Crippen molar-refractivity contribution in [2.24, 2.45) is 0 Å². The SMILES string of the molecule is Fc1ccccc1-c1nc2n(n1)C(c1nccs1)CCN2. The van der Waals surface area contributed by atoms with Crippen LogP contribution in [-0.4, -0.2) is 26.3 Å². The number of nitrogens with one attached hydrogen (secondary N) is 1. The number of aromatic nitrogens is 4. The Morgan fingerprint density at radius 3 is 3.05 bits per heavy atom. The summed E-state index contributed by atoms with van der Waals surface area (Å²) in [6.45, 7) is 0.805. The molecule has 1 aliphatic heterocycles. The minimum Gasteiger partial charge on any atom is -0.354 e. The first-order chi connectivity index (χ1) is 10.3. The molecule has 0 spiro atoms. The van der Waals surface area contributed by atoms with E-state index in [1.165, 1.54) is 6.07 Å². The van der Waals surface area contributed by atoms with E-state index in [0.29, 0.717) is 17.3 Å². The largest absolute Gasteiger partial charge is 0.354 e. The average molecular weight is 301 g/mol. The van der Waals surface area contributed by atoms with Crippen molar-refractivity contribution < 1.29 is 4.39 Å². The monoisotopic (exact) mass is 301 g/mol. The number of hydrogen-bond acceptors (Lipinski definition) is 5. The molecule has 0 fully saturated rings. The molecule has 0 radical (unpaired) electrons. The summed E-state index contributed by atoms with van der Waals surface area (Å²) in [5.74, 6) is 0.755. The van der Waals surface area contributed by atoms with Crippen LogP contribution < -0.4 is 5.32 Å². The van der Waals surface area contributed by atoms with Gasteiger partial charge in [-0.2, -0.15) is 4.98 Å². The molecule has 5 nitrogen and oxygen atoms in total. The zero-order valence-corrected chi connectivity index (χ0v) is 11.8. The predicted molar refractivity (Wildman–Crippen MR) is 78.8 cm³/mol. The average Bonchev–Trinajstić information content (AvgIpc) is 3.16. The molecular weight excluding hydrogens is 289 g/mol. The van der Waals surface area contributed by atoms with Gasteiger partial charge in [0.15, 0.2) is 5.82 Å². The quantitative estimate of drug-likeness (QED) is 0.790. The molecule has 0 aliphatic carbocycles. The maximum Gasteiger partial charge on any atom is 0.222 e. The van der Waals surface area contributed by atoms with Crippen LogP contribution in [0.1, 0.15) is 17.5 Å². The van der Waals surface area contributed by atoms with Gasteiger partial charge >= 0.3 is 0 Å². The van der Waals surface area contributed by atoms with Gasteiger partial charge in [0.25, 0.3) is 0 Å². The number of halogens is 1. The van der Waals surface area contributed by atoms with Crippen LogP contribution in [0.5, 0.6) is 0 Å². The Labute approximate surface area is 124 Å². The molecule has 0 saturated carbocycles. The van der Waals surface area contributed by atoms with Crippen LogP contribution in [0.2, 0.25) is 0 Å². The van der Waals surface area contributed by atoms with Gasteiger partial charge in [0.1, 0.15) is 16.9 Å². The normalized spacial score (nSPS) is 17.3. The van der Waals surface area contributed by atoms with Gasteiger partial charge in [-0.1, -0.05) is 12.1 Å². The van der Waals surface area contributed by atoms with Crippen LogP contribution in [-0.2, 0) is 0 Å². The van der Waals surface area contributed by atoms with E-state index in [1.807, 2.05) is 10.1 Å². The summed E-state index contributed by atoms with van der Waals surface area (Å²) in [6.07, 6.45) is 2.68. The lowest BCUT2D eigenvalue weighted by Gasteiger charge is -2.22. The van der Waals surface area contributed by atoms with Gasteiger partial charge in [0, 0.05) is 18.1 Å². The van der Waals surface area contributed by atoms with Crippen LogP contribution in [0.15, 0.2) is 35.8 Å². The van der Waals surface area contributed by atoms with E-state index in [9.17, 15) is 4.39 Å². The first kappa shape index (κ1) is 12.5. The first-order valence-electron chi connectivity index (χ1n) is 6.67. The van der Waals surface area contributed by atoms with Crippen LogP contribution in [0, 0.1) is 5.82 Å². The molecule has 3 aromatic rings. The van der Waals surface area contributed by atoms with Crippen LogP contribution in [0.3, 0.4) is 0 Å². The molecular formula is C14H12FN5S.